The molecule has 0 aliphatic carbocycles. The molecule has 1 amide bonds. The van der Waals surface area contributed by atoms with Gasteiger partial charge in [-0.3, -0.25) is 4.79 Å². The number of aliphatic hydroxyl groups is 1. The SMILES string of the molecule is CC(C)N(CCCO)C(=O)c1ccc(Br)cc1C(F)(F)F. The number of carbonyl (C=O) groups excluding carboxylic acids is 1. The zero-order chi connectivity index (χ0) is 16.2. The lowest BCUT2D eigenvalue weighted by atomic mass is 10.0. The first kappa shape index (κ1) is 18.0. The van der Waals surface area contributed by atoms with Crippen molar-refractivity contribution in [3.8, 4) is 0 Å². The molecule has 3 nitrogen and oxygen atoms in total. The maximum atomic E-state index is 13.1. The van der Waals surface area contributed by atoms with E-state index in [1.54, 1.807) is 13.8 Å². The molecule has 0 heterocycles. The molecular weight excluding hydrogens is 351 g/mol. The molecule has 7 heteroatoms. The van der Waals surface area contributed by atoms with Crippen LogP contribution in [0.4, 0.5) is 13.2 Å². The number of rotatable bonds is 5. The van der Waals surface area contributed by atoms with E-state index in [1.807, 2.05) is 0 Å². The van der Waals surface area contributed by atoms with Crippen molar-refractivity contribution < 1.29 is 23.1 Å². The van der Waals surface area contributed by atoms with Gasteiger partial charge in [-0.15, -0.1) is 0 Å². The third kappa shape index (κ3) is 4.71. The Kier molecular flexibility index (Phi) is 6.22. The van der Waals surface area contributed by atoms with E-state index in [2.05, 4.69) is 15.9 Å². The summed E-state index contributed by atoms with van der Waals surface area (Å²) in [7, 11) is 0. The Bertz CT molecular complexity index is 503. The zero-order valence-electron chi connectivity index (χ0n) is 11.7. The van der Waals surface area contributed by atoms with Crippen LogP contribution in [0.15, 0.2) is 22.7 Å². The van der Waals surface area contributed by atoms with Crippen LogP contribution in [0.25, 0.3) is 0 Å². The predicted molar refractivity (Wildman–Crippen MR) is 77.0 cm³/mol. The summed E-state index contributed by atoms with van der Waals surface area (Å²) in [6.07, 6.45) is -4.28. The molecule has 0 saturated carbocycles. The minimum atomic E-state index is -4.60. The van der Waals surface area contributed by atoms with Crippen molar-refractivity contribution in [3.63, 3.8) is 0 Å². The highest BCUT2D eigenvalue weighted by Crippen LogP contribution is 2.34. The summed E-state index contributed by atoms with van der Waals surface area (Å²) in [4.78, 5) is 13.7. The average molecular weight is 368 g/mol. The van der Waals surface area contributed by atoms with E-state index in [1.165, 1.54) is 17.0 Å². The number of nitrogens with zero attached hydrogens (tertiary/aromatic N) is 1. The fraction of sp³-hybridized carbons (Fsp3) is 0.500. The summed E-state index contributed by atoms with van der Waals surface area (Å²) in [5, 5.41) is 8.85. The third-order valence-electron chi connectivity index (χ3n) is 2.96. The van der Waals surface area contributed by atoms with Gasteiger partial charge in [-0.05, 0) is 38.5 Å². The Balaban J connectivity index is 3.21. The number of aliphatic hydroxyl groups excluding tert-OH is 1. The summed E-state index contributed by atoms with van der Waals surface area (Å²) in [5.74, 6) is -0.682. The Morgan fingerprint density at radius 1 is 1.38 bits per heavy atom. The number of alkyl halides is 3. The lowest BCUT2D eigenvalue weighted by Gasteiger charge is -2.28. The molecule has 1 N–H and O–H groups in total. The number of hydrogen-bond acceptors (Lipinski definition) is 2. The summed E-state index contributed by atoms with van der Waals surface area (Å²) in [5.41, 5.74) is -1.34. The smallest absolute Gasteiger partial charge is 0.396 e. The summed E-state index contributed by atoms with van der Waals surface area (Å²) in [6.45, 7) is 3.53. The lowest BCUT2D eigenvalue weighted by Crippen LogP contribution is -2.39. The molecule has 118 valence electrons. The van der Waals surface area contributed by atoms with Gasteiger partial charge < -0.3 is 10.0 Å². The lowest BCUT2D eigenvalue weighted by molar-refractivity contribution is -0.138. The molecule has 0 aliphatic heterocycles. The second kappa shape index (κ2) is 7.26. The van der Waals surface area contributed by atoms with Crippen LogP contribution < -0.4 is 0 Å². The fourth-order valence-electron chi connectivity index (χ4n) is 1.93. The maximum Gasteiger partial charge on any atom is 0.417 e. The van der Waals surface area contributed by atoms with Crippen molar-refractivity contribution in [1.29, 1.82) is 0 Å². The van der Waals surface area contributed by atoms with E-state index < -0.39 is 17.6 Å². The van der Waals surface area contributed by atoms with Gasteiger partial charge in [0.2, 0.25) is 0 Å². The number of amides is 1. The molecule has 0 saturated heterocycles. The molecule has 1 rings (SSSR count). The van der Waals surface area contributed by atoms with Crippen molar-refractivity contribution in [1.82, 2.24) is 4.90 Å². The van der Waals surface area contributed by atoms with Gasteiger partial charge in [0.15, 0.2) is 0 Å². The molecule has 0 atom stereocenters. The van der Waals surface area contributed by atoms with Crippen molar-refractivity contribution in [3.05, 3.63) is 33.8 Å². The highest BCUT2D eigenvalue weighted by molar-refractivity contribution is 9.10. The van der Waals surface area contributed by atoms with Gasteiger partial charge in [-0.2, -0.15) is 13.2 Å². The van der Waals surface area contributed by atoms with E-state index >= 15 is 0 Å². The van der Waals surface area contributed by atoms with Crippen LogP contribution in [-0.2, 0) is 6.18 Å². The van der Waals surface area contributed by atoms with E-state index in [9.17, 15) is 18.0 Å². The first-order valence-electron chi connectivity index (χ1n) is 6.47. The highest BCUT2D eigenvalue weighted by atomic mass is 79.9. The molecule has 0 unspecified atom stereocenters. The number of benzene rings is 1. The largest absolute Gasteiger partial charge is 0.417 e. The number of hydrogen-bond donors (Lipinski definition) is 1. The topological polar surface area (TPSA) is 40.5 Å². The Hall–Kier alpha value is -1.08. The monoisotopic (exact) mass is 367 g/mol. The normalized spacial score (nSPS) is 11.8. The second-order valence-corrected chi connectivity index (χ2v) is 5.77. The van der Waals surface area contributed by atoms with E-state index in [-0.39, 0.29) is 29.2 Å². The molecular formula is C14H17BrF3NO2. The number of halogens is 4. The van der Waals surface area contributed by atoms with Gasteiger partial charge in [-0.25, -0.2) is 0 Å². The van der Waals surface area contributed by atoms with Gasteiger partial charge in [0.1, 0.15) is 0 Å². The standard InChI is InChI=1S/C14H17BrF3NO2/c1-9(2)19(6-3-7-20)13(21)11-5-4-10(15)8-12(11)14(16,17)18/h4-5,8-9,20H,3,6-7H2,1-2H3. The first-order valence-corrected chi connectivity index (χ1v) is 7.26. The molecule has 0 aliphatic rings. The van der Waals surface area contributed by atoms with Crippen LogP contribution in [0, 0.1) is 0 Å². The molecule has 0 spiro atoms. The second-order valence-electron chi connectivity index (χ2n) is 4.86. The molecule has 21 heavy (non-hydrogen) atoms. The van der Waals surface area contributed by atoms with Crippen molar-refractivity contribution >= 4 is 21.8 Å². The van der Waals surface area contributed by atoms with Gasteiger partial charge in [0.05, 0.1) is 11.1 Å². The average Bonchev–Trinajstić information content (AvgIpc) is 2.37. The fourth-order valence-corrected chi connectivity index (χ4v) is 2.29. The molecule has 0 bridgehead atoms. The maximum absolute atomic E-state index is 13.1. The van der Waals surface area contributed by atoms with Gasteiger partial charge in [0.25, 0.3) is 5.91 Å². The van der Waals surface area contributed by atoms with Gasteiger partial charge in [-0.1, -0.05) is 15.9 Å². The van der Waals surface area contributed by atoms with Crippen LogP contribution in [0.1, 0.15) is 36.2 Å². The molecule has 0 aromatic heterocycles. The molecule has 1 aromatic carbocycles. The van der Waals surface area contributed by atoms with E-state index in [0.717, 1.165) is 6.07 Å². The van der Waals surface area contributed by atoms with Gasteiger partial charge in [0, 0.05) is 23.7 Å². The zero-order valence-corrected chi connectivity index (χ0v) is 13.3. The first-order chi connectivity index (χ1) is 9.68. The Morgan fingerprint density at radius 3 is 2.48 bits per heavy atom. The highest BCUT2D eigenvalue weighted by Gasteiger charge is 2.36. The van der Waals surface area contributed by atoms with Crippen molar-refractivity contribution in [2.24, 2.45) is 0 Å². The quantitative estimate of drug-likeness (QED) is 0.861. The van der Waals surface area contributed by atoms with Crippen LogP contribution in [0.5, 0.6) is 0 Å². The van der Waals surface area contributed by atoms with Crippen LogP contribution in [0.3, 0.4) is 0 Å². The summed E-state index contributed by atoms with van der Waals surface area (Å²) < 4.78 is 39.5. The molecule has 0 fully saturated rings. The summed E-state index contributed by atoms with van der Waals surface area (Å²) >= 11 is 2.99. The minimum absolute atomic E-state index is 0.122. The van der Waals surface area contributed by atoms with E-state index in [4.69, 9.17) is 5.11 Å². The van der Waals surface area contributed by atoms with Crippen LogP contribution in [-0.4, -0.2) is 35.1 Å². The van der Waals surface area contributed by atoms with Crippen LogP contribution >= 0.6 is 15.9 Å². The number of carbonyl (C=O) groups is 1. The van der Waals surface area contributed by atoms with Crippen molar-refractivity contribution in [2.45, 2.75) is 32.5 Å². The molecule has 1 aromatic rings. The Morgan fingerprint density at radius 2 is 2.00 bits per heavy atom. The van der Waals surface area contributed by atoms with Crippen LogP contribution in [0.2, 0.25) is 0 Å². The van der Waals surface area contributed by atoms with Gasteiger partial charge >= 0.3 is 6.18 Å². The minimum Gasteiger partial charge on any atom is -0.396 e. The Labute approximate surface area is 129 Å². The molecule has 0 radical (unpaired) electrons. The van der Waals surface area contributed by atoms with Crippen molar-refractivity contribution in [2.75, 3.05) is 13.2 Å². The summed E-state index contributed by atoms with van der Waals surface area (Å²) in [6, 6.07) is 3.22. The van der Waals surface area contributed by atoms with E-state index in [0.29, 0.717) is 6.42 Å². The predicted octanol–water partition coefficient (Wildman–Crippen LogP) is 3.70. The third-order valence-corrected chi connectivity index (χ3v) is 3.45.